The molecule has 0 heterocycles. The molecule has 1 aromatic rings. The number of benzene rings is 1. The van der Waals surface area contributed by atoms with Crippen molar-refractivity contribution in [2.24, 2.45) is 0 Å². The molecule has 5 nitrogen and oxygen atoms in total. The van der Waals surface area contributed by atoms with Gasteiger partial charge in [-0.25, -0.2) is 8.42 Å². The molecule has 0 aliphatic rings. The molecule has 0 spiro atoms. The Labute approximate surface area is 128 Å². The molecule has 0 aromatic heterocycles. The Hall–Kier alpha value is -1.11. The molecule has 0 bridgehead atoms. The Morgan fingerprint density at radius 1 is 1.05 bits per heavy atom. The average molecular weight is 314 g/mol. The summed E-state index contributed by atoms with van der Waals surface area (Å²) >= 11 is 0. The molecule has 120 valence electrons. The van der Waals surface area contributed by atoms with Gasteiger partial charge in [0.15, 0.2) is 0 Å². The summed E-state index contributed by atoms with van der Waals surface area (Å²) in [7, 11) is -3.53. The molecule has 0 aliphatic heterocycles. The quantitative estimate of drug-likeness (QED) is 0.758. The molecule has 0 atom stereocenters. The average Bonchev–Trinajstić information content (AvgIpc) is 2.47. The molecule has 0 unspecified atom stereocenters. The summed E-state index contributed by atoms with van der Waals surface area (Å²) in [6.07, 6.45) is 0.799. The molecule has 1 N–H and O–H groups in total. The maximum atomic E-state index is 12.5. The lowest BCUT2D eigenvalue weighted by molar-refractivity contribution is 0.285. The van der Waals surface area contributed by atoms with Crippen molar-refractivity contribution in [2.75, 3.05) is 32.7 Å². The van der Waals surface area contributed by atoms with E-state index >= 15 is 0 Å². The first-order valence-corrected chi connectivity index (χ1v) is 8.91. The molecule has 21 heavy (non-hydrogen) atoms. The van der Waals surface area contributed by atoms with Crippen molar-refractivity contribution in [1.82, 2.24) is 9.21 Å². The molecule has 6 heteroatoms. The normalized spacial score (nSPS) is 12.2. The van der Waals surface area contributed by atoms with Crippen molar-refractivity contribution in [1.29, 1.82) is 0 Å². The summed E-state index contributed by atoms with van der Waals surface area (Å²) in [6.45, 7) is 9.79. The molecule has 0 saturated heterocycles. The monoisotopic (exact) mass is 314 g/mol. The Morgan fingerprint density at radius 2 is 1.71 bits per heavy atom. The third-order valence-corrected chi connectivity index (χ3v) is 5.55. The lowest BCUT2D eigenvalue weighted by Gasteiger charge is -2.23. The Kier molecular flexibility index (Phi) is 7.14. The van der Waals surface area contributed by atoms with Crippen LogP contribution in [0.25, 0.3) is 0 Å². The molecular formula is C15H26N2O3S. The summed E-state index contributed by atoms with van der Waals surface area (Å²) in [5.41, 5.74) is 0. The van der Waals surface area contributed by atoms with Gasteiger partial charge in [-0.3, -0.25) is 0 Å². The standard InChI is InChI=1S/C15H26N2O3S/c1-4-16(5-2)11-8-12-17(6-3)21(19,20)15-10-7-9-14(18)13-15/h7,9-10,13,18H,4-6,8,11-12H2,1-3H3. The highest BCUT2D eigenvalue weighted by Crippen LogP contribution is 2.20. The minimum absolute atomic E-state index is 0.0322. The minimum atomic E-state index is -3.53. The highest BCUT2D eigenvalue weighted by Gasteiger charge is 2.23. The lowest BCUT2D eigenvalue weighted by atomic mass is 10.3. The van der Waals surface area contributed by atoms with Crippen molar-refractivity contribution in [3.05, 3.63) is 24.3 Å². The van der Waals surface area contributed by atoms with Crippen LogP contribution in [0.2, 0.25) is 0 Å². The first-order chi connectivity index (χ1) is 9.95. The van der Waals surface area contributed by atoms with Gasteiger partial charge in [0.2, 0.25) is 10.0 Å². The fraction of sp³-hybridized carbons (Fsp3) is 0.600. The van der Waals surface area contributed by atoms with Crippen LogP contribution in [-0.4, -0.2) is 55.5 Å². The van der Waals surface area contributed by atoms with E-state index in [1.807, 2.05) is 6.92 Å². The van der Waals surface area contributed by atoms with E-state index in [1.54, 1.807) is 6.07 Å². The molecule has 0 fully saturated rings. The molecule has 0 saturated carbocycles. The summed E-state index contributed by atoms with van der Waals surface area (Å²) in [4.78, 5) is 2.42. The van der Waals surface area contributed by atoms with Crippen molar-refractivity contribution in [3.8, 4) is 5.75 Å². The molecule has 0 aliphatic carbocycles. The number of rotatable bonds is 9. The van der Waals surface area contributed by atoms with Gasteiger partial charge >= 0.3 is 0 Å². The first kappa shape index (κ1) is 17.9. The van der Waals surface area contributed by atoms with Crippen LogP contribution in [-0.2, 0) is 10.0 Å². The van der Waals surface area contributed by atoms with Gasteiger partial charge in [-0.05, 0) is 44.3 Å². The van der Waals surface area contributed by atoms with Crippen LogP contribution >= 0.6 is 0 Å². The van der Waals surface area contributed by atoms with E-state index in [4.69, 9.17) is 0 Å². The predicted octanol–water partition coefficient (Wildman–Crippen LogP) is 2.13. The summed E-state index contributed by atoms with van der Waals surface area (Å²) in [6, 6.07) is 5.83. The SMILES string of the molecule is CCN(CC)CCCN(CC)S(=O)(=O)c1cccc(O)c1. The molecule has 1 aromatic carbocycles. The summed E-state index contributed by atoms with van der Waals surface area (Å²) < 4.78 is 26.5. The van der Waals surface area contributed by atoms with Crippen LogP contribution in [0, 0.1) is 0 Å². The fourth-order valence-corrected chi connectivity index (χ4v) is 3.78. The van der Waals surface area contributed by atoms with E-state index in [2.05, 4.69) is 18.7 Å². The topological polar surface area (TPSA) is 60.9 Å². The second kappa shape index (κ2) is 8.36. The third-order valence-electron chi connectivity index (χ3n) is 3.58. The van der Waals surface area contributed by atoms with Crippen LogP contribution in [0.1, 0.15) is 27.2 Å². The Balaban J connectivity index is 2.74. The lowest BCUT2D eigenvalue weighted by Crippen LogP contribution is -2.34. The molecule has 0 amide bonds. The number of hydrogen-bond donors (Lipinski definition) is 1. The van der Waals surface area contributed by atoms with Gasteiger partial charge < -0.3 is 10.0 Å². The smallest absolute Gasteiger partial charge is 0.243 e. The van der Waals surface area contributed by atoms with E-state index < -0.39 is 10.0 Å². The summed E-state index contributed by atoms with van der Waals surface area (Å²) in [5.74, 6) is -0.0322. The molecule has 1 rings (SSSR count). The van der Waals surface area contributed by atoms with Gasteiger partial charge in [0.1, 0.15) is 5.75 Å². The van der Waals surface area contributed by atoms with Gasteiger partial charge in [-0.1, -0.05) is 26.8 Å². The van der Waals surface area contributed by atoms with Gasteiger partial charge in [-0.2, -0.15) is 4.31 Å². The second-order valence-electron chi connectivity index (χ2n) is 4.87. The fourth-order valence-electron chi connectivity index (χ4n) is 2.25. The van der Waals surface area contributed by atoms with E-state index in [0.29, 0.717) is 13.1 Å². The van der Waals surface area contributed by atoms with Gasteiger partial charge in [0.05, 0.1) is 4.90 Å². The van der Waals surface area contributed by atoms with Crippen LogP contribution in [0.3, 0.4) is 0 Å². The Bertz CT molecular complexity index is 527. The maximum Gasteiger partial charge on any atom is 0.243 e. The highest BCUT2D eigenvalue weighted by atomic mass is 32.2. The van der Waals surface area contributed by atoms with Crippen LogP contribution < -0.4 is 0 Å². The van der Waals surface area contributed by atoms with Gasteiger partial charge in [0.25, 0.3) is 0 Å². The zero-order valence-electron chi connectivity index (χ0n) is 13.1. The van der Waals surface area contributed by atoms with E-state index in [1.165, 1.54) is 22.5 Å². The van der Waals surface area contributed by atoms with Crippen LogP contribution in [0.5, 0.6) is 5.75 Å². The van der Waals surface area contributed by atoms with Crippen LogP contribution in [0.4, 0.5) is 0 Å². The number of phenols is 1. The van der Waals surface area contributed by atoms with Crippen molar-refractivity contribution < 1.29 is 13.5 Å². The molecular weight excluding hydrogens is 288 g/mol. The minimum Gasteiger partial charge on any atom is -0.508 e. The largest absolute Gasteiger partial charge is 0.508 e. The summed E-state index contributed by atoms with van der Waals surface area (Å²) in [5, 5.41) is 9.45. The maximum absolute atomic E-state index is 12.5. The number of nitrogens with zero attached hydrogens (tertiary/aromatic N) is 2. The number of aromatic hydroxyl groups is 1. The Morgan fingerprint density at radius 3 is 2.24 bits per heavy atom. The predicted molar refractivity (Wildman–Crippen MR) is 84.9 cm³/mol. The van der Waals surface area contributed by atoms with E-state index in [0.717, 1.165) is 26.1 Å². The van der Waals surface area contributed by atoms with E-state index in [9.17, 15) is 13.5 Å². The van der Waals surface area contributed by atoms with Crippen LogP contribution in [0.15, 0.2) is 29.2 Å². The van der Waals surface area contributed by atoms with Gasteiger partial charge in [-0.15, -0.1) is 0 Å². The number of phenolic OH excluding ortho intramolecular Hbond substituents is 1. The van der Waals surface area contributed by atoms with Crippen molar-refractivity contribution in [3.63, 3.8) is 0 Å². The second-order valence-corrected chi connectivity index (χ2v) is 6.81. The number of sulfonamides is 1. The van der Waals surface area contributed by atoms with E-state index in [-0.39, 0.29) is 10.6 Å². The van der Waals surface area contributed by atoms with Gasteiger partial charge in [0, 0.05) is 13.1 Å². The first-order valence-electron chi connectivity index (χ1n) is 7.47. The number of hydrogen-bond acceptors (Lipinski definition) is 4. The third kappa shape index (κ3) is 4.98. The zero-order valence-corrected chi connectivity index (χ0v) is 13.9. The zero-order chi connectivity index (χ0) is 15.9. The van der Waals surface area contributed by atoms with Crippen molar-refractivity contribution >= 4 is 10.0 Å². The molecule has 0 radical (unpaired) electrons. The van der Waals surface area contributed by atoms with Crippen molar-refractivity contribution in [2.45, 2.75) is 32.1 Å². The highest BCUT2D eigenvalue weighted by molar-refractivity contribution is 7.89.